The number of rotatable bonds is 26. The smallest absolute Gasteiger partial charge is 0.506 e. The van der Waals surface area contributed by atoms with Gasteiger partial charge in [-0.1, -0.05) is 93.9 Å². The van der Waals surface area contributed by atoms with E-state index in [1.165, 1.54) is 0 Å². The van der Waals surface area contributed by atoms with Gasteiger partial charge in [0.2, 0.25) is 17.6 Å². The van der Waals surface area contributed by atoms with E-state index in [-0.39, 0.29) is 89.6 Å². The van der Waals surface area contributed by atoms with Crippen molar-refractivity contribution in [1.82, 2.24) is 4.90 Å². The van der Waals surface area contributed by atoms with Gasteiger partial charge in [-0.3, -0.25) is 14.4 Å². The van der Waals surface area contributed by atoms with Crippen LogP contribution >= 0.6 is 0 Å². The van der Waals surface area contributed by atoms with E-state index in [0.717, 1.165) is 73.9 Å². The van der Waals surface area contributed by atoms with E-state index in [9.17, 15) is 29.1 Å². The minimum Gasteiger partial charge on any atom is -0.506 e. The predicted molar refractivity (Wildman–Crippen MR) is 294 cm³/mol. The van der Waals surface area contributed by atoms with E-state index in [0.29, 0.717) is 67.6 Å². The van der Waals surface area contributed by atoms with Gasteiger partial charge in [0.25, 0.3) is 0 Å². The number of aliphatic imine (C=N–C) groups is 1. The Morgan fingerprint density at radius 3 is 1.76 bits per heavy atom. The van der Waals surface area contributed by atoms with Crippen LogP contribution in [-0.2, 0) is 38.7 Å². The van der Waals surface area contributed by atoms with Crippen molar-refractivity contribution >= 4 is 52.6 Å². The molecule has 1 saturated heterocycles. The fourth-order valence-electron chi connectivity index (χ4n) is 10.9. The molecule has 2 N–H and O–H groups in total. The van der Waals surface area contributed by atoms with E-state index in [2.05, 4.69) is 117 Å². The molecule has 14 heteroatoms. The van der Waals surface area contributed by atoms with Gasteiger partial charge in [0.05, 0.1) is 49.0 Å². The number of likely N-dealkylation sites (tertiary alicyclic amines) is 1. The maximum atomic E-state index is 14.9. The summed E-state index contributed by atoms with van der Waals surface area (Å²) in [5.41, 5.74) is 4.72. The summed E-state index contributed by atoms with van der Waals surface area (Å²) in [6.07, 6.45) is 12.5. The average molecular weight is 1030 g/mol. The van der Waals surface area contributed by atoms with Crippen molar-refractivity contribution in [3.05, 3.63) is 63.6 Å². The summed E-state index contributed by atoms with van der Waals surface area (Å²) in [5, 5.41) is 15.4. The molecule has 0 bridgehead atoms. The van der Waals surface area contributed by atoms with Gasteiger partial charge in [-0.15, -0.1) is 0 Å². The summed E-state index contributed by atoms with van der Waals surface area (Å²) in [7, 11) is 0. The maximum absolute atomic E-state index is 14.9. The van der Waals surface area contributed by atoms with Gasteiger partial charge in [0, 0.05) is 70.4 Å². The number of ketones is 1. The van der Waals surface area contributed by atoms with Gasteiger partial charge in [-0.2, -0.15) is 0 Å². The third-order valence-electron chi connectivity index (χ3n) is 16.2. The highest BCUT2D eigenvalue weighted by molar-refractivity contribution is 6.42. The highest BCUT2D eigenvalue weighted by Gasteiger charge is 2.49. The number of unbranched alkanes of at least 4 members (excludes halogenated alkanes) is 4. The van der Waals surface area contributed by atoms with Crippen molar-refractivity contribution < 1.29 is 48.0 Å². The van der Waals surface area contributed by atoms with Crippen molar-refractivity contribution in [2.75, 3.05) is 36.6 Å². The maximum Gasteiger partial charge on any atom is 0.508 e. The highest BCUT2D eigenvalue weighted by Crippen LogP contribution is 2.53. The molecular weight excluding hydrogens is 937 g/mol. The number of anilines is 2. The lowest BCUT2D eigenvalue weighted by molar-refractivity contribution is -0.118. The first-order valence-electron chi connectivity index (χ1n) is 28.0. The number of nitrogens with one attached hydrogen (secondary N) is 1. The summed E-state index contributed by atoms with van der Waals surface area (Å²) in [4.78, 5) is 76.3. The number of benzene rings is 1. The molecule has 2 heterocycles. The second-order valence-electron chi connectivity index (χ2n) is 22.6. The number of aliphatic hydroxyl groups is 1. The van der Waals surface area contributed by atoms with E-state index in [1.54, 1.807) is 0 Å². The molecule has 0 saturated carbocycles. The number of carbonyl (C=O) groups excluding carboxylic acids is 5. The third-order valence-corrected chi connectivity index (χ3v) is 16.2. The first kappa shape index (κ1) is 59.5. The summed E-state index contributed by atoms with van der Waals surface area (Å²) >= 11 is 0. The van der Waals surface area contributed by atoms with Crippen LogP contribution in [0.25, 0.3) is 5.57 Å². The number of aliphatic hydroxyl groups excluding tert-OH is 1. The SMILES string of the molecule is CCCCC(CC)COC(=O)OCCCCC(=O)N=C1C=C2C(=C/C1=C1/C(=O)C(c3cc4c(cc3NC(=O)CCCCOC(=O)OCC(CC)CCCC)N(C(C)C)C(C)C4(C)C)=C1O)C(C)(C)C(C)N2C(C)C. The fraction of sp³-hybridized carbons (Fsp3) is 0.667. The van der Waals surface area contributed by atoms with E-state index < -0.39 is 24.0 Å². The molecule has 2 aliphatic carbocycles. The Bertz CT molecular complexity index is 2370. The fourth-order valence-corrected chi connectivity index (χ4v) is 10.9. The Hall–Kier alpha value is -5.40. The summed E-state index contributed by atoms with van der Waals surface area (Å²) in [6.45, 7) is 30.8. The van der Waals surface area contributed by atoms with Crippen LogP contribution in [-0.4, -0.2) is 96.2 Å². The van der Waals surface area contributed by atoms with Gasteiger partial charge in [-0.05, 0) is 127 Å². The number of allylic oxidation sites excluding steroid dienone is 6. The molecule has 0 spiro atoms. The van der Waals surface area contributed by atoms with Crippen molar-refractivity contribution in [2.45, 2.75) is 216 Å². The van der Waals surface area contributed by atoms with Crippen LogP contribution in [0.3, 0.4) is 0 Å². The zero-order valence-corrected chi connectivity index (χ0v) is 47.5. The average Bonchev–Trinajstić information content (AvgIpc) is 3.66. The molecule has 5 rings (SSSR count). The molecule has 410 valence electrons. The van der Waals surface area contributed by atoms with Crippen molar-refractivity contribution in [2.24, 2.45) is 22.2 Å². The normalized spacial score (nSPS) is 21.0. The third kappa shape index (κ3) is 13.7. The van der Waals surface area contributed by atoms with Crippen LogP contribution < -0.4 is 10.2 Å². The van der Waals surface area contributed by atoms with Crippen LogP contribution in [0.1, 0.15) is 198 Å². The van der Waals surface area contributed by atoms with Crippen LogP contribution in [0, 0.1) is 17.3 Å². The zero-order valence-electron chi connectivity index (χ0n) is 47.5. The molecule has 4 atom stereocenters. The van der Waals surface area contributed by atoms with Gasteiger partial charge >= 0.3 is 12.3 Å². The second kappa shape index (κ2) is 26.4. The molecular formula is C60H90N4O10. The highest BCUT2D eigenvalue weighted by atomic mass is 16.7. The lowest BCUT2D eigenvalue weighted by Gasteiger charge is -2.34. The summed E-state index contributed by atoms with van der Waals surface area (Å²) in [6, 6.07) is 4.28. The van der Waals surface area contributed by atoms with Crippen LogP contribution in [0.15, 0.2) is 57.5 Å². The Morgan fingerprint density at radius 2 is 1.24 bits per heavy atom. The molecule has 74 heavy (non-hydrogen) atoms. The molecule has 14 nitrogen and oxygen atoms in total. The van der Waals surface area contributed by atoms with Gasteiger partial charge < -0.3 is 39.2 Å². The zero-order chi connectivity index (χ0) is 54.7. The van der Waals surface area contributed by atoms with E-state index in [1.807, 2.05) is 24.3 Å². The molecule has 0 radical (unpaired) electrons. The first-order valence-corrected chi connectivity index (χ1v) is 28.0. The lowest BCUT2D eigenvalue weighted by Crippen LogP contribution is -2.42. The largest absolute Gasteiger partial charge is 0.508 e. The molecule has 1 fully saturated rings. The van der Waals surface area contributed by atoms with Crippen molar-refractivity contribution in [3.8, 4) is 0 Å². The Balaban J connectivity index is 1.42. The predicted octanol–water partition coefficient (Wildman–Crippen LogP) is 13.7. The van der Waals surface area contributed by atoms with Crippen LogP contribution in [0.2, 0.25) is 0 Å². The summed E-state index contributed by atoms with van der Waals surface area (Å²) in [5.74, 6) is -0.742. The van der Waals surface area contributed by atoms with Crippen LogP contribution in [0.4, 0.5) is 21.0 Å². The number of fused-ring (bicyclic) bond motifs is 2. The quantitative estimate of drug-likeness (QED) is 0.0511. The Morgan fingerprint density at radius 1 is 0.703 bits per heavy atom. The summed E-state index contributed by atoms with van der Waals surface area (Å²) < 4.78 is 21.4. The molecule has 1 aromatic rings. The minimum absolute atomic E-state index is 0.0617. The number of carbonyl (C=O) groups is 5. The van der Waals surface area contributed by atoms with E-state index >= 15 is 0 Å². The number of Topliss-reactive ketones (excluding diaryl/α,β-unsaturated/α-hetero) is 1. The molecule has 4 aliphatic rings. The lowest BCUT2D eigenvalue weighted by atomic mass is 9.73. The first-order chi connectivity index (χ1) is 35.0. The standard InChI is InChI=1S/C60H90N4O10/c1-15-19-25-41(17-3)35-73-57(69)71-29-23-21-27-51(65)61-47-33-49-45(59(11,12)39(9)63(49)37(5)6)31-43(47)53-55(67)54(56(53)68)44-32-46-50(64(38(7)8)40(10)60(46,13)14)34-48(44)62-52(66)28-22-24-30-72-58(70)74-36-42(18-4)26-20-16-2/h31-34,37-42,67H,15-30,35-36H2,1-14H3,(H,61,65)/b54-44-,62-48?. The van der Waals surface area contributed by atoms with Gasteiger partial charge in [0.1, 0.15) is 5.76 Å². The number of amides is 2. The Kier molecular flexibility index (Phi) is 21.2. The van der Waals surface area contributed by atoms with E-state index in [4.69, 9.17) is 18.9 Å². The number of ether oxygens (including phenoxy) is 4. The monoisotopic (exact) mass is 1030 g/mol. The minimum atomic E-state index is -0.707. The second-order valence-corrected chi connectivity index (χ2v) is 22.6. The molecule has 1 aromatic carbocycles. The van der Waals surface area contributed by atoms with Crippen molar-refractivity contribution in [1.29, 1.82) is 0 Å². The van der Waals surface area contributed by atoms with Crippen LogP contribution in [0.5, 0.6) is 0 Å². The number of hydrogen-bond acceptors (Lipinski definition) is 12. The molecule has 4 unspecified atom stereocenters. The molecule has 2 amide bonds. The molecule has 2 aliphatic heterocycles. The topological polar surface area (TPSA) is 173 Å². The number of hydrogen-bond donors (Lipinski definition) is 2. The Labute approximate surface area is 442 Å². The number of nitrogens with zero attached hydrogens (tertiary/aromatic N) is 3. The van der Waals surface area contributed by atoms with Gasteiger partial charge in [0.15, 0.2) is 0 Å². The van der Waals surface area contributed by atoms with Gasteiger partial charge in [-0.25, -0.2) is 14.6 Å². The molecule has 0 aromatic heterocycles. The van der Waals surface area contributed by atoms with Crippen molar-refractivity contribution in [3.63, 3.8) is 0 Å².